The van der Waals surface area contributed by atoms with Gasteiger partial charge in [0, 0.05) is 26.1 Å². The molecule has 1 N–H and O–H groups in total. The van der Waals surface area contributed by atoms with Crippen LogP contribution in [0.5, 0.6) is 0 Å². The number of hydrogen-bond acceptors (Lipinski definition) is 5. The summed E-state index contributed by atoms with van der Waals surface area (Å²) in [4.78, 5) is 26.3. The molecule has 0 bridgehead atoms. The third kappa shape index (κ3) is 4.04. The SMILES string of the molecule is CCOCC1CCCN(C(=O)C2=NN(c3ccccc3)C(C(=O)O)C2)C1. The predicted octanol–water partition coefficient (Wildman–Crippen LogP) is 1.98. The van der Waals surface area contributed by atoms with E-state index in [4.69, 9.17) is 4.74 Å². The van der Waals surface area contributed by atoms with E-state index in [9.17, 15) is 14.7 Å². The van der Waals surface area contributed by atoms with Crippen LogP contribution in [0.2, 0.25) is 0 Å². The normalized spacial score (nSPS) is 23.0. The van der Waals surface area contributed by atoms with Crippen molar-refractivity contribution in [3.63, 3.8) is 0 Å². The van der Waals surface area contributed by atoms with E-state index in [-0.39, 0.29) is 12.3 Å². The van der Waals surface area contributed by atoms with Gasteiger partial charge in [0.1, 0.15) is 5.71 Å². The molecule has 0 aromatic heterocycles. The molecule has 0 aliphatic carbocycles. The summed E-state index contributed by atoms with van der Waals surface area (Å²) in [5.41, 5.74) is 0.994. The van der Waals surface area contributed by atoms with Gasteiger partial charge >= 0.3 is 5.97 Å². The highest BCUT2D eigenvalue weighted by atomic mass is 16.5. The number of benzene rings is 1. The summed E-state index contributed by atoms with van der Waals surface area (Å²) in [6.45, 7) is 4.61. The number of hydrogen-bond donors (Lipinski definition) is 1. The summed E-state index contributed by atoms with van der Waals surface area (Å²) < 4.78 is 5.50. The Morgan fingerprint density at radius 1 is 1.31 bits per heavy atom. The van der Waals surface area contributed by atoms with Crippen molar-refractivity contribution in [2.45, 2.75) is 32.2 Å². The molecule has 2 aliphatic rings. The first kappa shape index (κ1) is 18.4. The van der Waals surface area contributed by atoms with Gasteiger partial charge in [-0.05, 0) is 37.8 Å². The van der Waals surface area contributed by atoms with E-state index in [1.807, 2.05) is 25.1 Å². The van der Waals surface area contributed by atoms with E-state index in [1.54, 1.807) is 17.0 Å². The lowest BCUT2D eigenvalue weighted by molar-refractivity contribution is -0.138. The summed E-state index contributed by atoms with van der Waals surface area (Å²) in [7, 11) is 0. The fourth-order valence-corrected chi connectivity index (χ4v) is 3.50. The molecule has 0 radical (unpaired) electrons. The van der Waals surface area contributed by atoms with Crippen LogP contribution in [-0.4, -0.2) is 59.9 Å². The molecule has 1 amide bonds. The number of ether oxygens (including phenoxy) is 1. The molecule has 0 saturated carbocycles. The van der Waals surface area contributed by atoms with Crippen molar-refractivity contribution in [3.05, 3.63) is 30.3 Å². The van der Waals surface area contributed by atoms with E-state index >= 15 is 0 Å². The largest absolute Gasteiger partial charge is 0.480 e. The summed E-state index contributed by atoms with van der Waals surface area (Å²) in [5, 5.41) is 15.3. The standard InChI is InChI=1S/C19H25N3O4/c1-2-26-13-14-7-6-10-21(12-14)18(23)16-11-17(19(24)25)22(20-16)15-8-4-3-5-9-15/h3-5,8-9,14,17H,2,6-7,10-13H2,1H3,(H,24,25). The number of nitrogens with zero attached hydrogens (tertiary/aromatic N) is 3. The van der Waals surface area contributed by atoms with Gasteiger partial charge < -0.3 is 14.7 Å². The number of amides is 1. The minimum absolute atomic E-state index is 0.121. The van der Waals surface area contributed by atoms with E-state index in [2.05, 4.69) is 5.10 Å². The number of piperidine rings is 1. The zero-order valence-electron chi connectivity index (χ0n) is 15.0. The molecule has 1 saturated heterocycles. The number of carboxylic acid groups (broad SMARTS) is 1. The fourth-order valence-electron chi connectivity index (χ4n) is 3.50. The second-order valence-electron chi connectivity index (χ2n) is 6.70. The molecule has 26 heavy (non-hydrogen) atoms. The van der Waals surface area contributed by atoms with E-state index in [0.29, 0.717) is 43.6 Å². The van der Waals surface area contributed by atoms with Crippen LogP contribution in [0, 0.1) is 5.92 Å². The Kier molecular flexibility index (Phi) is 5.88. The number of anilines is 1. The van der Waals surface area contributed by atoms with Gasteiger partial charge in [0.25, 0.3) is 5.91 Å². The van der Waals surface area contributed by atoms with Crippen LogP contribution in [0.25, 0.3) is 0 Å². The Balaban J connectivity index is 1.73. The molecule has 3 rings (SSSR count). The van der Waals surface area contributed by atoms with Crippen LogP contribution < -0.4 is 5.01 Å². The van der Waals surface area contributed by atoms with Crippen molar-refractivity contribution in [3.8, 4) is 0 Å². The highest BCUT2D eigenvalue weighted by Gasteiger charge is 2.38. The Bertz CT molecular complexity index is 677. The third-order valence-electron chi connectivity index (χ3n) is 4.83. The highest BCUT2D eigenvalue weighted by molar-refractivity contribution is 6.40. The van der Waals surface area contributed by atoms with Crippen molar-refractivity contribution >= 4 is 23.3 Å². The Morgan fingerprint density at radius 2 is 2.08 bits per heavy atom. The van der Waals surface area contributed by atoms with E-state index in [1.165, 1.54) is 5.01 Å². The molecule has 0 spiro atoms. The summed E-state index contributed by atoms with van der Waals surface area (Å²) >= 11 is 0. The predicted molar refractivity (Wildman–Crippen MR) is 98.2 cm³/mol. The first-order valence-corrected chi connectivity index (χ1v) is 9.11. The molecule has 1 aromatic rings. The number of rotatable bonds is 6. The molecule has 7 nitrogen and oxygen atoms in total. The topological polar surface area (TPSA) is 82.4 Å². The summed E-state index contributed by atoms with van der Waals surface area (Å²) in [6.07, 6.45) is 2.10. The van der Waals surface area contributed by atoms with Crippen LogP contribution in [0.1, 0.15) is 26.2 Å². The van der Waals surface area contributed by atoms with Crippen molar-refractivity contribution in [2.75, 3.05) is 31.3 Å². The maximum absolute atomic E-state index is 12.9. The van der Waals surface area contributed by atoms with Gasteiger partial charge in [-0.15, -0.1) is 0 Å². The lowest BCUT2D eigenvalue weighted by Gasteiger charge is -2.32. The van der Waals surface area contributed by atoms with Crippen molar-refractivity contribution in [1.82, 2.24) is 4.90 Å². The average molecular weight is 359 g/mol. The molecule has 2 aliphatic heterocycles. The van der Waals surface area contributed by atoms with Gasteiger partial charge in [-0.3, -0.25) is 9.80 Å². The Labute approximate surface area is 153 Å². The summed E-state index contributed by atoms with van der Waals surface area (Å²) in [5.74, 6) is -0.806. The smallest absolute Gasteiger partial charge is 0.328 e. The number of aliphatic carboxylic acids is 1. The Hall–Kier alpha value is -2.41. The van der Waals surface area contributed by atoms with Crippen molar-refractivity contribution < 1.29 is 19.4 Å². The third-order valence-corrected chi connectivity index (χ3v) is 4.83. The van der Waals surface area contributed by atoms with Gasteiger partial charge in [-0.1, -0.05) is 18.2 Å². The number of hydrazone groups is 1. The molecule has 1 fully saturated rings. The van der Waals surface area contributed by atoms with Gasteiger partial charge in [-0.25, -0.2) is 4.79 Å². The number of likely N-dealkylation sites (tertiary alicyclic amines) is 1. The second kappa shape index (κ2) is 8.31. The molecule has 7 heteroatoms. The zero-order chi connectivity index (χ0) is 18.5. The van der Waals surface area contributed by atoms with Gasteiger partial charge in [0.2, 0.25) is 0 Å². The van der Waals surface area contributed by atoms with Gasteiger partial charge in [0.15, 0.2) is 6.04 Å². The molecule has 140 valence electrons. The second-order valence-corrected chi connectivity index (χ2v) is 6.70. The zero-order valence-corrected chi connectivity index (χ0v) is 15.0. The van der Waals surface area contributed by atoms with Crippen LogP contribution in [0.3, 0.4) is 0 Å². The first-order valence-electron chi connectivity index (χ1n) is 9.11. The van der Waals surface area contributed by atoms with E-state index in [0.717, 1.165) is 12.8 Å². The Morgan fingerprint density at radius 3 is 2.77 bits per heavy atom. The summed E-state index contributed by atoms with van der Waals surface area (Å²) in [6, 6.07) is 8.26. The number of carboxylic acids is 1. The number of carbonyl (C=O) groups is 2. The molecule has 2 atom stereocenters. The van der Waals surface area contributed by atoms with E-state index < -0.39 is 12.0 Å². The minimum atomic E-state index is -0.978. The number of para-hydroxylation sites is 1. The average Bonchev–Trinajstić information content (AvgIpc) is 3.12. The molecule has 2 heterocycles. The quantitative estimate of drug-likeness (QED) is 0.840. The van der Waals surface area contributed by atoms with Crippen LogP contribution >= 0.6 is 0 Å². The highest BCUT2D eigenvalue weighted by Crippen LogP contribution is 2.26. The van der Waals surface area contributed by atoms with Crippen molar-refractivity contribution in [2.24, 2.45) is 11.0 Å². The molecular formula is C19H25N3O4. The van der Waals surface area contributed by atoms with Gasteiger partial charge in [0.05, 0.1) is 12.3 Å². The lowest BCUT2D eigenvalue weighted by atomic mass is 9.98. The lowest BCUT2D eigenvalue weighted by Crippen LogP contribution is -2.44. The molecule has 1 aromatic carbocycles. The maximum atomic E-state index is 12.9. The monoisotopic (exact) mass is 359 g/mol. The van der Waals surface area contributed by atoms with Crippen LogP contribution in [0.4, 0.5) is 5.69 Å². The van der Waals surface area contributed by atoms with Crippen LogP contribution in [0.15, 0.2) is 35.4 Å². The van der Waals surface area contributed by atoms with Gasteiger partial charge in [-0.2, -0.15) is 5.10 Å². The number of carbonyl (C=O) groups excluding carboxylic acids is 1. The molecule has 2 unspecified atom stereocenters. The minimum Gasteiger partial charge on any atom is -0.480 e. The maximum Gasteiger partial charge on any atom is 0.328 e. The molecular weight excluding hydrogens is 334 g/mol. The fraction of sp³-hybridized carbons (Fsp3) is 0.526. The first-order chi connectivity index (χ1) is 12.6. The van der Waals surface area contributed by atoms with Crippen molar-refractivity contribution in [1.29, 1.82) is 0 Å². The van der Waals surface area contributed by atoms with Crippen LogP contribution in [-0.2, 0) is 14.3 Å².